The van der Waals surface area contributed by atoms with E-state index >= 15 is 0 Å². The van der Waals surface area contributed by atoms with Gasteiger partial charge in [0, 0.05) is 24.9 Å². The second kappa shape index (κ2) is 6.23. The van der Waals surface area contributed by atoms with Crippen LogP contribution in [0.5, 0.6) is 0 Å². The van der Waals surface area contributed by atoms with Crippen molar-refractivity contribution >= 4 is 11.8 Å². The lowest BCUT2D eigenvalue weighted by molar-refractivity contribution is -0.127. The molecule has 0 aromatic carbocycles. The fraction of sp³-hybridized carbons (Fsp3) is 0.786. The fourth-order valence-electron chi connectivity index (χ4n) is 2.14. The molecular formula is C14H24N4O2. The highest BCUT2D eigenvalue weighted by atomic mass is 16.2. The van der Waals surface area contributed by atoms with E-state index in [4.69, 9.17) is 5.73 Å². The molecule has 1 saturated heterocycles. The van der Waals surface area contributed by atoms with Crippen LogP contribution in [0.1, 0.15) is 39.5 Å². The van der Waals surface area contributed by atoms with Crippen molar-refractivity contribution in [2.75, 3.05) is 20.1 Å². The van der Waals surface area contributed by atoms with Crippen molar-refractivity contribution in [3.63, 3.8) is 0 Å². The van der Waals surface area contributed by atoms with Crippen LogP contribution in [0.25, 0.3) is 0 Å². The van der Waals surface area contributed by atoms with E-state index in [1.807, 2.05) is 7.05 Å². The van der Waals surface area contributed by atoms with Gasteiger partial charge in [0.05, 0.1) is 6.07 Å². The summed E-state index contributed by atoms with van der Waals surface area (Å²) >= 11 is 0. The predicted molar refractivity (Wildman–Crippen MR) is 75.4 cm³/mol. The quantitative estimate of drug-likeness (QED) is 0.760. The monoisotopic (exact) mass is 280 g/mol. The van der Waals surface area contributed by atoms with E-state index in [-0.39, 0.29) is 12.3 Å². The Balaban J connectivity index is 2.53. The molecule has 1 aliphatic rings. The van der Waals surface area contributed by atoms with E-state index in [0.29, 0.717) is 19.3 Å². The Kier molecular flexibility index (Phi) is 5.12. The molecule has 6 nitrogen and oxygen atoms in total. The molecule has 20 heavy (non-hydrogen) atoms. The zero-order valence-electron chi connectivity index (χ0n) is 12.5. The van der Waals surface area contributed by atoms with E-state index in [1.165, 1.54) is 0 Å². The van der Waals surface area contributed by atoms with Gasteiger partial charge in [-0.1, -0.05) is 13.8 Å². The van der Waals surface area contributed by atoms with Gasteiger partial charge in [-0.2, -0.15) is 5.26 Å². The maximum Gasteiger partial charge on any atom is 0.223 e. The molecule has 0 radical (unpaired) electrons. The van der Waals surface area contributed by atoms with E-state index in [9.17, 15) is 14.9 Å². The number of hydrogen-bond acceptors (Lipinski definition) is 4. The van der Waals surface area contributed by atoms with E-state index in [2.05, 4.69) is 16.3 Å². The summed E-state index contributed by atoms with van der Waals surface area (Å²) in [5.41, 5.74) is 3.81. The zero-order chi connectivity index (χ0) is 15.4. The maximum absolute atomic E-state index is 12.0. The van der Waals surface area contributed by atoms with Gasteiger partial charge in [-0.3, -0.25) is 9.59 Å². The second-order valence-corrected chi connectivity index (χ2v) is 6.29. The average molecular weight is 280 g/mol. The van der Waals surface area contributed by atoms with Crippen molar-refractivity contribution in [1.82, 2.24) is 10.2 Å². The second-order valence-electron chi connectivity index (χ2n) is 6.29. The predicted octanol–water partition coefficient (Wildman–Crippen LogP) is 0.382. The first-order valence-electron chi connectivity index (χ1n) is 6.91. The average Bonchev–Trinajstić information content (AvgIpc) is 2.39. The van der Waals surface area contributed by atoms with E-state index in [1.54, 1.807) is 13.8 Å². The largest absolute Gasteiger partial charge is 0.369 e. The first kappa shape index (κ1) is 16.4. The zero-order valence-corrected chi connectivity index (χ0v) is 12.5. The van der Waals surface area contributed by atoms with Crippen molar-refractivity contribution in [2.24, 2.45) is 11.1 Å². The van der Waals surface area contributed by atoms with Crippen LogP contribution in [0.15, 0.2) is 0 Å². The lowest BCUT2D eigenvalue weighted by atomic mass is 9.86. The van der Waals surface area contributed by atoms with Crippen molar-refractivity contribution in [1.29, 1.82) is 5.26 Å². The van der Waals surface area contributed by atoms with E-state index in [0.717, 1.165) is 13.1 Å². The van der Waals surface area contributed by atoms with Gasteiger partial charge in [-0.05, 0) is 26.3 Å². The van der Waals surface area contributed by atoms with Crippen LogP contribution in [0, 0.1) is 16.7 Å². The number of nitrogens with two attached hydrogens (primary N) is 1. The molecule has 6 heteroatoms. The van der Waals surface area contributed by atoms with Crippen molar-refractivity contribution in [2.45, 2.75) is 45.1 Å². The summed E-state index contributed by atoms with van der Waals surface area (Å²) in [6.45, 7) is 5.03. The number of hydrogen-bond donors (Lipinski definition) is 2. The van der Waals surface area contributed by atoms with Crippen LogP contribution in [0.3, 0.4) is 0 Å². The summed E-state index contributed by atoms with van der Waals surface area (Å²) < 4.78 is 0. The number of rotatable bonds is 5. The van der Waals surface area contributed by atoms with Crippen LogP contribution < -0.4 is 11.1 Å². The molecule has 1 heterocycles. The Hall–Kier alpha value is -1.61. The van der Waals surface area contributed by atoms with Crippen LogP contribution in [0.2, 0.25) is 0 Å². The minimum Gasteiger partial charge on any atom is -0.369 e. The highest BCUT2D eigenvalue weighted by molar-refractivity contribution is 5.82. The summed E-state index contributed by atoms with van der Waals surface area (Å²) in [4.78, 5) is 25.3. The Labute approximate surface area is 120 Å². The lowest BCUT2D eigenvalue weighted by Crippen LogP contribution is -2.54. The van der Waals surface area contributed by atoms with Gasteiger partial charge in [-0.15, -0.1) is 0 Å². The molecule has 1 aliphatic heterocycles. The highest BCUT2D eigenvalue weighted by Gasteiger charge is 2.35. The molecule has 0 bridgehead atoms. The number of primary amides is 1. The molecular weight excluding hydrogens is 256 g/mol. The van der Waals surface area contributed by atoms with Gasteiger partial charge in [0.1, 0.15) is 5.54 Å². The first-order valence-corrected chi connectivity index (χ1v) is 6.91. The summed E-state index contributed by atoms with van der Waals surface area (Å²) in [7, 11) is 2.00. The Morgan fingerprint density at radius 3 is 2.40 bits per heavy atom. The van der Waals surface area contributed by atoms with Crippen molar-refractivity contribution < 1.29 is 9.59 Å². The van der Waals surface area contributed by atoms with Crippen LogP contribution >= 0.6 is 0 Å². The van der Waals surface area contributed by atoms with Gasteiger partial charge < -0.3 is 16.0 Å². The summed E-state index contributed by atoms with van der Waals surface area (Å²) in [5.74, 6) is -0.606. The van der Waals surface area contributed by atoms with Crippen LogP contribution in [-0.4, -0.2) is 42.4 Å². The summed E-state index contributed by atoms with van der Waals surface area (Å²) in [6, 6.07) is 2.24. The molecule has 0 aliphatic carbocycles. The Bertz CT molecular complexity index is 417. The molecule has 1 rings (SSSR count). The molecule has 0 saturated carbocycles. The molecule has 1 fully saturated rings. The summed E-state index contributed by atoms with van der Waals surface area (Å²) in [6.07, 6.45) is 1.85. The number of amides is 2. The normalized spacial score (nSPS) is 19.1. The van der Waals surface area contributed by atoms with E-state index < -0.39 is 16.9 Å². The van der Waals surface area contributed by atoms with Crippen molar-refractivity contribution in [3.8, 4) is 6.07 Å². The number of carbonyl (C=O) groups is 2. The number of nitriles is 1. The third-order valence-electron chi connectivity index (χ3n) is 4.08. The topological polar surface area (TPSA) is 99.2 Å². The van der Waals surface area contributed by atoms with Gasteiger partial charge in [-0.25, -0.2) is 0 Å². The number of nitrogens with one attached hydrogen (secondary N) is 1. The van der Waals surface area contributed by atoms with Gasteiger partial charge in [0.25, 0.3) is 0 Å². The van der Waals surface area contributed by atoms with Crippen molar-refractivity contribution in [3.05, 3.63) is 0 Å². The SMILES string of the molecule is CN1CCC(C#N)(NC(=O)CCC(C)(C)C(N)=O)CC1. The summed E-state index contributed by atoms with van der Waals surface area (Å²) in [5, 5.41) is 12.2. The fourth-order valence-corrected chi connectivity index (χ4v) is 2.14. The first-order chi connectivity index (χ1) is 9.21. The van der Waals surface area contributed by atoms with Crippen LogP contribution in [0.4, 0.5) is 0 Å². The molecule has 0 unspecified atom stereocenters. The molecule has 3 N–H and O–H groups in total. The molecule has 0 aromatic rings. The van der Waals surface area contributed by atoms with Gasteiger partial charge >= 0.3 is 0 Å². The maximum atomic E-state index is 12.0. The Morgan fingerprint density at radius 2 is 1.95 bits per heavy atom. The third kappa shape index (κ3) is 4.20. The standard InChI is InChI=1S/C14H24N4O2/c1-13(2,12(16)20)5-4-11(19)17-14(10-15)6-8-18(3)9-7-14/h4-9H2,1-3H3,(H2,16,20)(H,17,19). The molecule has 112 valence electrons. The molecule has 2 amide bonds. The highest BCUT2D eigenvalue weighted by Crippen LogP contribution is 2.24. The van der Waals surface area contributed by atoms with Crippen LogP contribution in [-0.2, 0) is 9.59 Å². The molecule has 0 atom stereocenters. The smallest absolute Gasteiger partial charge is 0.223 e. The number of piperidine rings is 1. The Morgan fingerprint density at radius 1 is 1.40 bits per heavy atom. The number of likely N-dealkylation sites (tertiary alicyclic amines) is 1. The van der Waals surface area contributed by atoms with Gasteiger partial charge in [0.2, 0.25) is 11.8 Å². The number of carbonyl (C=O) groups excluding carboxylic acids is 2. The lowest BCUT2D eigenvalue weighted by Gasteiger charge is -2.36. The minimum absolute atomic E-state index is 0.189. The molecule has 0 spiro atoms. The third-order valence-corrected chi connectivity index (χ3v) is 4.08. The van der Waals surface area contributed by atoms with Gasteiger partial charge in [0.15, 0.2) is 0 Å². The molecule has 0 aromatic heterocycles. The minimum atomic E-state index is -0.763. The number of nitrogens with zero attached hydrogens (tertiary/aromatic N) is 2.